The second-order valence-electron chi connectivity index (χ2n) is 7.52. The Balaban J connectivity index is 1.97. The first-order chi connectivity index (χ1) is 15.6. The van der Waals surface area contributed by atoms with Crippen LogP contribution in [-0.4, -0.2) is 55.4 Å². The van der Waals surface area contributed by atoms with Gasteiger partial charge in [0, 0.05) is 25.8 Å². The molecule has 8 nitrogen and oxygen atoms in total. The molecule has 1 aliphatic heterocycles. The number of esters is 1. The molecule has 3 aromatic rings. The monoisotopic (exact) mass is 437 g/mol. The van der Waals surface area contributed by atoms with Crippen molar-refractivity contribution in [1.82, 2.24) is 9.55 Å². The summed E-state index contributed by atoms with van der Waals surface area (Å²) in [7, 11) is 3.19. The summed E-state index contributed by atoms with van der Waals surface area (Å²) in [5, 5.41) is 0. The Labute approximate surface area is 186 Å². The summed E-state index contributed by atoms with van der Waals surface area (Å²) in [6.45, 7) is 2.79. The molecule has 4 rings (SSSR count). The standard InChI is InChI=1S/C24H27N3O5/c1-4-32-23(29)20-21(16-10-5-8-13-19(16)31-3)27-18-12-7-6-11-17(18)25-24(27)26(22(20)28)14-9-15-30-2/h5-8,10-13,20-21H,4,9,14-15H2,1-3H3/t20-,21-/m0/s1. The number of imidazole rings is 1. The van der Waals surface area contributed by atoms with E-state index in [1.165, 1.54) is 0 Å². The number of para-hydroxylation sites is 3. The van der Waals surface area contributed by atoms with Crippen LogP contribution < -0.4 is 9.64 Å². The molecule has 0 unspecified atom stereocenters. The minimum Gasteiger partial charge on any atom is -0.496 e. The van der Waals surface area contributed by atoms with Gasteiger partial charge in [-0.2, -0.15) is 0 Å². The molecular formula is C24H27N3O5. The van der Waals surface area contributed by atoms with Crippen molar-refractivity contribution >= 4 is 28.9 Å². The molecule has 0 aliphatic carbocycles. The SMILES string of the molecule is CCOC(=O)[C@@H]1C(=O)N(CCCOC)c2nc3ccccc3n2[C@H]1c1ccccc1OC. The Bertz CT molecular complexity index is 1130. The van der Waals surface area contributed by atoms with Crippen LogP contribution in [0.25, 0.3) is 11.0 Å². The van der Waals surface area contributed by atoms with Gasteiger partial charge in [0.15, 0.2) is 5.92 Å². The van der Waals surface area contributed by atoms with Gasteiger partial charge in [-0.15, -0.1) is 0 Å². The molecule has 0 N–H and O–H groups in total. The molecule has 0 bridgehead atoms. The molecule has 1 aromatic heterocycles. The summed E-state index contributed by atoms with van der Waals surface area (Å²) in [6.07, 6.45) is 0.611. The topological polar surface area (TPSA) is 82.9 Å². The zero-order chi connectivity index (χ0) is 22.7. The Hall–Kier alpha value is -3.39. The number of rotatable bonds is 8. The van der Waals surface area contributed by atoms with E-state index >= 15 is 0 Å². The molecule has 0 radical (unpaired) electrons. The van der Waals surface area contributed by atoms with Gasteiger partial charge in [0.05, 0.1) is 30.8 Å². The fraction of sp³-hybridized carbons (Fsp3) is 0.375. The molecule has 2 atom stereocenters. The van der Waals surface area contributed by atoms with Crippen LogP contribution in [0.1, 0.15) is 24.9 Å². The highest BCUT2D eigenvalue weighted by Gasteiger charge is 2.48. The molecule has 168 valence electrons. The summed E-state index contributed by atoms with van der Waals surface area (Å²) in [4.78, 5) is 33.3. The van der Waals surface area contributed by atoms with Crippen molar-refractivity contribution in [2.75, 3.05) is 38.9 Å². The van der Waals surface area contributed by atoms with Crippen LogP contribution in [0.3, 0.4) is 0 Å². The largest absolute Gasteiger partial charge is 0.496 e. The van der Waals surface area contributed by atoms with Crippen LogP contribution >= 0.6 is 0 Å². The van der Waals surface area contributed by atoms with Crippen LogP contribution in [0.2, 0.25) is 0 Å². The highest BCUT2D eigenvalue weighted by Crippen LogP contribution is 2.43. The predicted octanol–water partition coefficient (Wildman–Crippen LogP) is 3.20. The van der Waals surface area contributed by atoms with E-state index in [4.69, 9.17) is 19.2 Å². The third-order valence-electron chi connectivity index (χ3n) is 5.67. The number of methoxy groups -OCH3 is 2. The average molecular weight is 437 g/mol. The molecule has 0 saturated carbocycles. The zero-order valence-corrected chi connectivity index (χ0v) is 18.5. The third kappa shape index (κ3) is 3.71. The number of benzene rings is 2. The molecule has 0 fully saturated rings. The number of aromatic nitrogens is 2. The van der Waals surface area contributed by atoms with Crippen molar-refractivity contribution in [3.05, 3.63) is 54.1 Å². The zero-order valence-electron chi connectivity index (χ0n) is 18.5. The van der Waals surface area contributed by atoms with E-state index in [2.05, 4.69) is 0 Å². The van der Waals surface area contributed by atoms with Crippen molar-refractivity contribution in [2.45, 2.75) is 19.4 Å². The summed E-state index contributed by atoms with van der Waals surface area (Å²) in [5.74, 6) is -0.870. The Morgan fingerprint density at radius 2 is 1.84 bits per heavy atom. The number of ether oxygens (including phenoxy) is 3. The number of carbonyl (C=O) groups excluding carboxylic acids is 2. The van der Waals surface area contributed by atoms with Gasteiger partial charge in [-0.3, -0.25) is 14.5 Å². The van der Waals surface area contributed by atoms with Crippen LogP contribution in [-0.2, 0) is 19.1 Å². The lowest BCUT2D eigenvalue weighted by Gasteiger charge is -2.38. The number of hydrogen-bond acceptors (Lipinski definition) is 6. The first-order valence-electron chi connectivity index (χ1n) is 10.7. The Kier molecular flexibility index (Phi) is 6.41. The van der Waals surface area contributed by atoms with Crippen molar-refractivity contribution < 1.29 is 23.8 Å². The van der Waals surface area contributed by atoms with E-state index in [-0.39, 0.29) is 12.5 Å². The maximum atomic E-state index is 13.7. The van der Waals surface area contributed by atoms with Gasteiger partial charge in [-0.05, 0) is 31.5 Å². The summed E-state index contributed by atoms with van der Waals surface area (Å²) < 4.78 is 18.1. The molecule has 0 spiro atoms. The van der Waals surface area contributed by atoms with Gasteiger partial charge < -0.3 is 18.8 Å². The summed E-state index contributed by atoms with van der Waals surface area (Å²) in [6, 6.07) is 14.4. The van der Waals surface area contributed by atoms with Gasteiger partial charge in [0.25, 0.3) is 0 Å². The lowest BCUT2D eigenvalue weighted by atomic mass is 9.88. The maximum absolute atomic E-state index is 13.7. The van der Waals surface area contributed by atoms with Crippen molar-refractivity contribution in [3.8, 4) is 5.75 Å². The van der Waals surface area contributed by atoms with Crippen LogP contribution in [0.4, 0.5) is 5.95 Å². The molecule has 2 aromatic carbocycles. The second-order valence-corrected chi connectivity index (χ2v) is 7.52. The lowest BCUT2D eigenvalue weighted by molar-refractivity contribution is -0.153. The number of hydrogen-bond donors (Lipinski definition) is 0. The van der Waals surface area contributed by atoms with E-state index in [9.17, 15) is 9.59 Å². The smallest absolute Gasteiger partial charge is 0.321 e. The van der Waals surface area contributed by atoms with E-state index in [1.54, 1.807) is 26.0 Å². The van der Waals surface area contributed by atoms with E-state index in [0.29, 0.717) is 31.3 Å². The Morgan fingerprint density at radius 3 is 2.59 bits per heavy atom. The number of nitrogens with zero attached hydrogens (tertiary/aromatic N) is 3. The minimum atomic E-state index is -1.07. The molecule has 32 heavy (non-hydrogen) atoms. The van der Waals surface area contributed by atoms with Crippen molar-refractivity contribution in [3.63, 3.8) is 0 Å². The lowest BCUT2D eigenvalue weighted by Crippen LogP contribution is -2.50. The van der Waals surface area contributed by atoms with Gasteiger partial charge in [-0.25, -0.2) is 4.98 Å². The number of fused-ring (bicyclic) bond motifs is 3. The van der Waals surface area contributed by atoms with E-state index < -0.39 is 17.9 Å². The molecule has 1 amide bonds. The fourth-order valence-electron chi connectivity index (χ4n) is 4.32. The quantitative estimate of drug-likeness (QED) is 0.306. The summed E-state index contributed by atoms with van der Waals surface area (Å²) >= 11 is 0. The second kappa shape index (κ2) is 9.40. The number of anilines is 1. The first kappa shape index (κ1) is 21.8. The van der Waals surface area contributed by atoms with Crippen LogP contribution in [0, 0.1) is 5.92 Å². The highest BCUT2D eigenvalue weighted by atomic mass is 16.5. The maximum Gasteiger partial charge on any atom is 0.321 e. The normalized spacial score (nSPS) is 18.0. The van der Waals surface area contributed by atoms with Crippen molar-refractivity contribution in [2.24, 2.45) is 5.92 Å². The van der Waals surface area contributed by atoms with Crippen LogP contribution in [0.15, 0.2) is 48.5 Å². The highest BCUT2D eigenvalue weighted by molar-refractivity contribution is 6.08. The van der Waals surface area contributed by atoms with Gasteiger partial charge in [0.1, 0.15) is 5.75 Å². The predicted molar refractivity (Wildman–Crippen MR) is 120 cm³/mol. The van der Waals surface area contributed by atoms with E-state index in [0.717, 1.165) is 16.6 Å². The minimum absolute atomic E-state index is 0.183. The third-order valence-corrected chi connectivity index (χ3v) is 5.67. The first-order valence-corrected chi connectivity index (χ1v) is 10.7. The van der Waals surface area contributed by atoms with Crippen molar-refractivity contribution in [1.29, 1.82) is 0 Å². The summed E-state index contributed by atoms with van der Waals surface area (Å²) in [5.41, 5.74) is 2.30. The van der Waals surface area contributed by atoms with Crippen LogP contribution in [0.5, 0.6) is 5.75 Å². The van der Waals surface area contributed by atoms with Gasteiger partial charge in [0.2, 0.25) is 11.9 Å². The Morgan fingerprint density at radius 1 is 1.09 bits per heavy atom. The molecule has 2 heterocycles. The average Bonchev–Trinajstić information content (AvgIpc) is 3.19. The molecule has 1 aliphatic rings. The fourth-order valence-corrected chi connectivity index (χ4v) is 4.32. The number of carbonyl (C=O) groups is 2. The molecule has 0 saturated heterocycles. The number of amides is 1. The molecular weight excluding hydrogens is 410 g/mol. The van der Waals surface area contributed by atoms with Gasteiger partial charge in [-0.1, -0.05) is 30.3 Å². The molecule has 8 heteroatoms. The van der Waals surface area contributed by atoms with Gasteiger partial charge >= 0.3 is 5.97 Å². The van der Waals surface area contributed by atoms with E-state index in [1.807, 2.05) is 53.1 Å².